The lowest BCUT2D eigenvalue weighted by Gasteiger charge is -2.03. The summed E-state index contributed by atoms with van der Waals surface area (Å²) in [5, 5.41) is 11.4. The summed E-state index contributed by atoms with van der Waals surface area (Å²) in [5.74, 6) is 0.658. The van der Waals surface area contributed by atoms with Crippen LogP contribution in [0.4, 0.5) is 10.8 Å². The van der Waals surface area contributed by atoms with Gasteiger partial charge in [0.05, 0.1) is 22.0 Å². The van der Waals surface area contributed by atoms with Crippen LogP contribution in [-0.2, 0) is 0 Å². The molecule has 0 aliphatic rings. The average molecular weight is 292 g/mol. The first-order valence-electron chi connectivity index (χ1n) is 5.60. The van der Waals surface area contributed by atoms with Crippen LogP contribution in [-0.4, -0.2) is 19.6 Å². The Morgan fingerprint density at radius 2 is 2.16 bits per heavy atom. The van der Waals surface area contributed by atoms with E-state index in [1.54, 1.807) is 6.20 Å². The second kappa shape index (κ2) is 4.99. The molecule has 96 valence electrons. The van der Waals surface area contributed by atoms with Crippen LogP contribution < -0.4 is 5.32 Å². The Morgan fingerprint density at radius 1 is 1.32 bits per heavy atom. The SMILES string of the molecule is Cc1n[nH]cc1-c1nsc(Nc2ccccc2Cl)n1. The van der Waals surface area contributed by atoms with Gasteiger partial charge in [-0.2, -0.15) is 14.5 Å². The lowest BCUT2D eigenvalue weighted by atomic mass is 10.2. The van der Waals surface area contributed by atoms with Crippen molar-refractivity contribution in [1.29, 1.82) is 0 Å². The number of hydrogen-bond donors (Lipinski definition) is 2. The highest BCUT2D eigenvalue weighted by molar-refractivity contribution is 7.10. The molecule has 2 heterocycles. The number of anilines is 2. The van der Waals surface area contributed by atoms with Crippen LogP contribution in [0.25, 0.3) is 11.4 Å². The van der Waals surface area contributed by atoms with E-state index >= 15 is 0 Å². The zero-order valence-corrected chi connectivity index (χ0v) is 11.6. The van der Waals surface area contributed by atoms with Gasteiger partial charge in [-0.1, -0.05) is 23.7 Å². The van der Waals surface area contributed by atoms with Gasteiger partial charge >= 0.3 is 0 Å². The molecular weight excluding hydrogens is 282 g/mol. The highest BCUT2D eigenvalue weighted by Gasteiger charge is 2.11. The molecule has 2 N–H and O–H groups in total. The van der Waals surface area contributed by atoms with Gasteiger partial charge < -0.3 is 5.32 Å². The lowest BCUT2D eigenvalue weighted by Crippen LogP contribution is -1.90. The molecule has 0 amide bonds. The second-order valence-electron chi connectivity index (χ2n) is 3.91. The van der Waals surface area contributed by atoms with E-state index in [1.165, 1.54) is 11.5 Å². The fraction of sp³-hybridized carbons (Fsp3) is 0.0833. The predicted octanol–water partition coefficient (Wildman–Crippen LogP) is 3.63. The van der Waals surface area contributed by atoms with E-state index in [9.17, 15) is 0 Å². The number of rotatable bonds is 3. The van der Waals surface area contributed by atoms with Crippen molar-refractivity contribution in [3.05, 3.63) is 41.2 Å². The van der Waals surface area contributed by atoms with Crippen molar-refractivity contribution in [3.63, 3.8) is 0 Å². The summed E-state index contributed by atoms with van der Waals surface area (Å²) in [6, 6.07) is 7.52. The maximum Gasteiger partial charge on any atom is 0.207 e. The first kappa shape index (κ1) is 12.1. The van der Waals surface area contributed by atoms with Crippen LogP contribution in [0.2, 0.25) is 5.02 Å². The molecule has 1 aromatic carbocycles. The van der Waals surface area contributed by atoms with E-state index in [2.05, 4.69) is 24.9 Å². The topological polar surface area (TPSA) is 66.5 Å². The molecule has 0 spiro atoms. The number of hydrogen-bond acceptors (Lipinski definition) is 5. The Bertz CT molecular complexity index is 705. The van der Waals surface area contributed by atoms with E-state index in [0.29, 0.717) is 16.0 Å². The van der Waals surface area contributed by atoms with Gasteiger partial charge in [0.1, 0.15) is 0 Å². The van der Waals surface area contributed by atoms with Crippen molar-refractivity contribution in [2.24, 2.45) is 0 Å². The molecule has 0 saturated heterocycles. The third kappa shape index (κ3) is 2.45. The summed E-state index contributed by atoms with van der Waals surface area (Å²) >= 11 is 7.37. The third-order valence-corrected chi connectivity index (χ3v) is 3.57. The van der Waals surface area contributed by atoms with Gasteiger partial charge in [-0.05, 0) is 19.1 Å². The molecule has 0 aliphatic carbocycles. The zero-order chi connectivity index (χ0) is 13.2. The number of nitrogens with one attached hydrogen (secondary N) is 2. The fourth-order valence-electron chi connectivity index (χ4n) is 1.65. The quantitative estimate of drug-likeness (QED) is 0.773. The lowest BCUT2D eigenvalue weighted by molar-refractivity contribution is 1.05. The Kier molecular flexibility index (Phi) is 3.18. The van der Waals surface area contributed by atoms with Crippen LogP contribution in [0, 0.1) is 6.92 Å². The number of aromatic nitrogens is 4. The minimum atomic E-state index is 0.652. The molecule has 3 aromatic rings. The van der Waals surface area contributed by atoms with E-state index in [4.69, 9.17) is 11.6 Å². The first-order valence-corrected chi connectivity index (χ1v) is 6.75. The highest BCUT2D eigenvalue weighted by Crippen LogP contribution is 2.28. The van der Waals surface area contributed by atoms with Gasteiger partial charge in [0.2, 0.25) is 5.13 Å². The van der Waals surface area contributed by atoms with Gasteiger partial charge in [-0.15, -0.1) is 0 Å². The van der Waals surface area contributed by atoms with Crippen molar-refractivity contribution in [2.75, 3.05) is 5.32 Å². The van der Waals surface area contributed by atoms with Crippen molar-refractivity contribution in [1.82, 2.24) is 19.6 Å². The number of para-hydroxylation sites is 1. The number of aryl methyl sites for hydroxylation is 1. The first-order chi connectivity index (χ1) is 9.24. The van der Waals surface area contributed by atoms with Crippen molar-refractivity contribution in [3.8, 4) is 11.4 Å². The largest absolute Gasteiger partial charge is 0.329 e. The van der Waals surface area contributed by atoms with E-state index < -0.39 is 0 Å². The third-order valence-electron chi connectivity index (χ3n) is 2.61. The van der Waals surface area contributed by atoms with E-state index in [0.717, 1.165) is 16.9 Å². The molecule has 19 heavy (non-hydrogen) atoms. The maximum absolute atomic E-state index is 6.08. The minimum absolute atomic E-state index is 0.652. The zero-order valence-electron chi connectivity index (χ0n) is 10.0. The molecule has 3 rings (SSSR count). The van der Waals surface area contributed by atoms with E-state index in [1.807, 2.05) is 31.2 Å². The van der Waals surface area contributed by atoms with Crippen LogP contribution >= 0.6 is 23.1 Å². The molecule has 5 nitrogen and oxygen atoms in total. The summed E-state index contributed by atoms with van der Waals surface area (Å²) in [6.07, 6.45) is 1.79. The average Bonchev–Trinajstić information content (AvgIpc) is 3.01. The van der Waals surface area contributed by atoms with Crippen LogP contribution in [0.3, 0.4) is 0 Å². The number of halogens is 1. The number of aromatic amines is 1. The molecule has 0 fully saturated rings. The van der Waals surface area contributed by atoms with Crippen molar-refractivity contribution >= 4 is 34.0 Å². The molecule has 0 radical (unpaired) electrons. The monoisotopic (exact) mass is 291 g/mol. The molecular formula is C12H10ClN5S. The number of benzene rings is 1. The summed E-state index contributed by atoms with van der Waals surface area (Å²) in [7, 11) is 0. The molecule has 2 aromatic heterocycles. The standard InChI is InChI=1S/C12H10ClN5S/c1-7-8(6-14-17-7)11-16-12(19-18-11)15-10-5-3-2-4-9(10)13/h2-6H,1H3,(H,14,17)(H,15,16,18). The molecule has 0 saturated carbocycles. The van der Waals surface area contributed by atoms with Crippen LogP contribution in [0.1, 0.15) is 5.69 Å². The van der Waals surface area contributed by atoms with Gasteiger partial charge in [-0.3, -0.25) is 5.10 Å². The van der Waals surface area contributed by atoms with Crippen molar-refractivity contribution in [2.45, 2.75) is 6.92 Å². The maximum atomic E-state index is 6.08. The van der Waals surface area contributed by atoms with Gasteiger partial charge in [0, 0.05) is 17.7 Å². The number of H-pyrrole nitrogens is 1. The minimum Gasteiger partial charge on any atom is -0.329 e. The van der Waals surface area contributed by atoms with Gasteiger partial charge in [-0.25, -0.2) is 0 Å². The fourth-order valence-corrected chi connectivity index (χ4v) is 2.42. The normalized spacial score (nSPS) is 10.6. The Hall–Kier alpha value is -1.92. The summed E-state index contributed by atoms with van der Waals surface area (Å²) < 4.78 is 4.31. The number of nitrogens with zero attached hydrogens (tertiary/aromatic N) is 3. The molecule has 0 unspecified atom stereocenters. The van der Waals surface area contributed by atoms with Crippen LogP contribution in [0.15, 0.2) is 30.5 Å². The smallest absolute Gasteiger partial charge is 0.207 e. The molecule has 0 atom stereocenters. The van der Waals surface area contributed by atoms with Gasteiger partial charge in [0.25, 0.3) is 0 Å². The molecule has 0 bridgehead atoms. The van der Waals surface area contributed by atoms with Crippen molar-refractivity contribution < 1.29 is 0 Å². The Morgan fingerprint density at radius 3 is 2.89 bits per heavy atom. The molecule has 7 heteroatoms. The van der Waals surface area contributed by atoms with E-state index in [-0.39, 0.29) is 0 Å². The Balaban J connectivity index is 1.87. The summed E-state index contributed by atoms with van der Waals surface area (Å²) in [5.41, 5.74) is 2.60. The predicted molar refractivity (Wildman–Crippen MR) is 77.0 cm³/mol. The highest BCUT2D eigenvalue weighted by atomic mass is 35.5. The molecule has 0 aliphatic heterocycles. The Labute approximate surface area is 118 Å². The summed E-state index contributed by atoms with van der Waals surface area (Å²) in [4.78, 5) is 4.43. The van der Waals surface area contributed by atoms with Crippen LogP contribution in [0.5, 0.6) is 0 Å². The second-order valence-corrected chi connectivity index (χ2v) is 5.07. The summed E-state index contributed by atoms with van der Waals surface area (Å²) in [6.45, 7) is 1.91. The van der Waals surface area contributed by atoms with Gasteiger partial charge in [0.15, 0.2) is 5.82 Å².